The fourth-order valence-electron chi connectivity index (χ4n) is 2.32. The lowest BCUT2D eigenvalue weighted by Crippen LogP contribution is -2.40. The molecule has 138 valence electrons. The molecular weight excluding hydrogens is 320 g/mol. The van der Waals surface area contributed by atoms with E-state index in [-0.39, 0.29) is 17.0 Å². The van der Waals surface area contributed by atoms with Crippen LogP contribution < -0.4 is 16.6 Å². The Morgan fingerprint density at radius 1 is 1.24 bits per heavy atom. The molecule has 7 nitrogen and oxygen atoms in total. The molecule has 0 fully saturated rings. The summed E-state index contributed by atoms with van der Waals surface area (Å²) in [5, 5.41) is 3.23. The van der Waals surface area contributed by atoms with Crippen LogP contribution in [-0.2, 0) is 17.5 Å². The molecule has 0 spiro atoms. The molecule has 0 aliphatic carbocycles. The minimum Gasteiger partial charge on any atom is -0.443 e. The summed E-state index contributed by atoms with van der Waals surface area (Å²) in [5.74, 6) is 1.39. The first-order valence-corrected chi connectivity index (χ1v) is 8.44. The molecular formula is C18H28N4O3. The number of nitrogens with zero attached hydrogens (tertiary/aromatic N) is 2. The fourth-order valence-corrected chi connectivity index (χ4v) is 2.32. The van der Waals surface area contributed by atoms with E-state index >= 15 is 0 Å². The molecule has 2 N–H and O–H groups in total. The van der Waals surface area contributed by atoms with Gasteiger partial charge in [-0.25, -0.2) is 9.78 Å². The summed E-state index contributed by atoms with van der Waals surface area (Å²) in [6, 6.07) is -0.162. The fraction of sp³-hybridized carbons (Fsp3) is 0.611. The number of oxazole rings is 1. The first-order chi connectivity index (χ1) is 11.4. The molecule has 7 heteroatoms. The number of hydrogen-bond acceptors (Lipinski definition) is 5. The Labute approximate surface area is 147 Å². The zero-order chi connectivity index (χ0) is 19.0. The van der Waals surface area contributed by atoms with Gasteiger partial charge in [0, 0.05) is 29.3 Å². The predicted molar refractivity (Wildman–Crippen MR) is 96.8 cm³/mol. The topological polar surface area (TPSA) is 92.9 Å². The molecule has 0 bridgehead atoms. The zero-order valence-electron chi connectivity index (χ0n) is 16.1. The van der Waals surface area contributed by atoms with Gasteiger partial charge in [0.15, 0.2) is 0 Å². The molecule has 0 aromatic carbocycles. The van der Waals surface area contributed by atoms with Crippen molar-refractivity contribution in [1.82, 2.24) is 19.9 Å². The number of nitrogens with one attached hydrogen (secondary N) is 2. The molecule has 2 rings (SSSR count). The minimum atomic E-state index is -0.411. The molecule has 1 atom stereocenters. The molecule has 25 heavy (non-hydrogen) atoms. The van der Waals surface area contributed by atoms with Crippen molar-refractivity contribution < 1.29 is 4.42 Å². The molecule has 0 radical (unpaired) electrons. The van der Waals surface area contributed by atoms with Crippen molar-refractivity contribution in [1.29, 1.82) is 0 Å². The minimum absolute atomic E-state index is 0.107. The summed E-state index contributed by atoms with van der Waals surface area (Å²) >= 11 is 0. The van der Waals surface area contributed by atoms with Crippen LogP contribution in [0.2, 0.25) is 0 Å². The van der Waals surface area contributed by atoms with Crippen molar-refractivity contribution in [2.75, 3.05) is 0 Å². The van der Waals surface area contributed by atoms with Gasteiger partial charge in [-0.2, -0.15) is 0 Å². The first-order valence-electron chi connectivity index (χ1n) is 8.44. The normalized spacial score (nSPS) is 13.9. The molecule has 0 saturated carbocycles. The Hall–Kier alpha value is -2.15. The Morgan fingerprint density at radius 3 is 2.40 bits per heavy atom. The van der Waals surface area contributed by atoms with Crippen molar-refractivity contribution in [3.63, 3.8) is 0 Å². The number of H-pyrrole nitrogens is 1. The zero-order valence-corrected chi connectivity index (χ0v) is 16.1. The highest BCUT2D eigenvalue weighted by molar-refractivity contribution is 5.09. The van der Waals surface area contributed by atoms with Crippen molar-refractivity contribution in [3.05, 3.63) is 50.4 Å². The van der Waals surface area contributed by atoms with Crippen LogP contribution in [0.1, 0.15) is 71.7 Å². The third kappa shape index (κ3) is 4.48. The van der Waals surface area contributed by atoms with Crippen molar-refractivity contribution in [3.8, 4) is 0 Å². The average Bonchev–Trinajstić information content (AvgIpc) is 2.94. The summed E-state index contributed by atoms with van der Waals surface area (Å²) in [4.78, 5) is 30.7. The smallest absolute Gasteiger partial charge is 0.328 e. The number of hydrogen-bond donors (Lipinski definition) is 2. The van der Waals surface area contributed by atoms with Gasteiger partial charge in [0.05, 0.1) is 12.2 Å². The third-order valence-corrected chi connectivity index (χ3v) is 3.97. The van der Waals surface area contributed by atoms with Gasteiger partial charge >= 0.3 is 5.69 Å². The lowest BCUT2D eigenvalue weighted by atomic mass is 9.94. The summed E-state index contributed by atoms with van der Waals surface area (Å²) in [6.07, 6.45) is 3.34. The second-order valence-electron chi connectivity index (χ2n) is 8.37. The predicted octanol–water partition coefficient (Wildman–Crippen LogP) is 2.43. The summed E-state index contributed by atoms with van der Waals surface area (Å²) in [7, 11) is 0. The molecule has 0 saturated heterocycles. The quantitative estimate of drug-likeness (QED) is 0.885. The van der Waals surface area contributed by atoms with Crippen LogP contribution in [0.15, 0.2) is 26.4 Å². The highest BCUT2D eigenvalue weighted by atomic mass is 16.4. The first kappa shape index (κ1) is 19.2. The summed E-state index contributed by atoms with van der Waals surface area (Å²) < 4.78 is 7.34. The monoisotopic (exact) mass is 348 g/mol. The van der Waals surface area contributed by atoms with E-state index in [4.69, 9.17) is 4.42 Å². The molecule has 0 amide bonds. The summed E-state index contributed by atoms with van der Waals surface area (Å²) in [6.45, 7) is 14.1. The SMILES string of the molecule is CC(NCc1cn(C(C)(C)C)c(=O)[nH]c1=O)c1ncc(C(C)(C)C)o1. The van der Waals surface area contributed by atoms with Crippen LogP contribution in [0.3, 0.4) is 0 Å². The van der Waals surface area contributed by atoms with Gasteiger partial charge < -0.3 is 9.73 Å². The van der Waals surface area contributed by atoms with Crippen LogP contribution in [0.5, 0.6) is 0 Å². The van der Waals surface area contributed by atoms with E-state index in [0.717, 1.165) is 5.76 Å². The van der Waals surface area contributed by atoms with Crippen LogP contribution in [-0.4, -0.2) is 14.5 Å². The average molecular weight is 348 g/mol. The van der Waals surface area contributed by atoms with Crippen molar-refractivity contribution in [2.24, 2.45) is 0 Å². The lowest BCUT2D eigenvalue weighted by molar-refractivity contribution is 0.348. The van der Waals surface area contributed by atoms with Gasteiger partial charge in [-0.1, -0.05) is 20.8 Å². The largest absolute Gasteiger partial charge is 0.443 e. The molecule has 2 heterocycles. The Morgan fingerprint density at radius 2 is 1.88 bits per heavy atom. The molecule has 0 aliphatic rings. The van der Waals surface area contributed by atoms with Gasteiger partial charge in [-0.3, -0.25) is 14.3 Å². The van der Waals surface area contributed by atoms with E-state index in [1.807, 2.05) is 27.7 Å². The Bertz CT molecular complexity index is 847. The Kier molecular flexibility index (Phi) is 5.09. The van der Waals surface area contributed by atoms with E-state index in [1.54, 1.807) is 12.4 Å². The van der Waals surface area contributed by atoms with E-state index in [1.165, 1.54) is 4.57 Å². The van der Waals surface area contributed by atoms with E-state index in [0.29, 0.717) is 18.0 Å². The van der Waals surface area contributed by atoms with Gasteiger partial charge in [0.25, 0.3) is 5.56 Å². The maximum absolute atomic E-state index is 12.1. The van der Waals surface area contributed by atoms with Crippen LogP contribution in [0, 0.1) is 0 Å². The van der Waals surface area contributed by atoms with Crippen LogP contribution in [0.4, 0.5) is 0 Å². The van der Waals surface area contributed by atoms with Crippen molar-refractivity contribution in [2.45, 2.75) is 72.0 Å². The van der Waals surface area contributed by atoms with Crippen LogP contribution in [0.25, 0.3) is 0 Å². The van der Waals surface area contributed by atoms with Gasteiger partial charge in [0.1, 0.15) is 5.76 Å². The van der Waals surface area contributed by atoms with Crippen LogP contribution >= 0.6 is 0 Å². The summed E-state index contributed by atoms with van der Waals surface area (Å²) in [5.41, 5.74) is -0.815. The maximum atomic E-state index is 12.1. The highest BCUT2D eigenvalue weighted by Gasteiger charge is 2.22. The van der Waals surface area contributed by atoms with E-state index in [9.17, 15) is 9.59 Å². The second kappa shape index (κ2) is 6.63. The van der Waals surface area contributed by atoms with E-state index in [2.05, 4.69) is 36.1 Å². The second-order valence-corrected chi connectivity index (χ2v) is 8.37. The maximum Gasteiger partial charge on any atom is 0.328 e. The van der Waals surface area contributed by atoms with Crippen molar-refractivity contribution >= 4 is 0 Å². The standard InChI is InChI=1S/C18H28N4O3/c1-11(15-20-9-13(25-15)17(2,3)4)19-8-12-10-22(18(5,6)7)16(24)21-14(12)23/h9-11,19H,8H2,1-7H3,(H,21,23,24). The van der Waals surface area contributed by atoms with Gasteiger partial charge in [-0.05, 0) is 27.7 Å². The molecule has 2 aromatic heterocycles. The third-order valence-electron chi connectivity index (χ3n) is 3.97. The Balaban J connectivity index is 2.17. The number of aromatic amines is 1. The number of rotatable bonds is 4. The van der Waals surface area contributed by atoms with Gasteiger partial charge in [-0.15, -0.1) is 0 Å². The molecule has 0 aliphatic heterocycles. The lowest BCUT2D eigenvalue weighted by Gasteiger charge is -2.22. The number of aromatic nitrogens is 3. The molecule has 2 aromatic rings. The van der Waals surface area contributed by atoms with Gasteiger partial charge in [0.2, 0.25) is 5.89 Å². The highest BCUT2D eigenvalue weighted by Crippen LogP contribution is 2.24. The molecule has 1 unspecified atom stereocenters. The van der Waals surface area contributed by atoms with E-state index < -0.39 is 11.2 Å².